The van der Waals surface area contributed by atoms with Crippen LogP contribution in [0.3, 0.4) is 0 Å². The number of hydrogen-bond acceptors (Lipinski definition) is 3. The summed E-state index contributed by atoms with van der Waals surface area (Å²) in [7, 11) is 1.71. The number of carbonyl (C=O) groups is 3. The quantitative estimate of drug-likeness (QED) is 0.565. The first-order valence-corrected chi connectivity index (χ1v) is 8.34. The van der Waals surface area contributed by atoms with Crippen molar-refractivity contribution in [1.82, 2.24) is 0 Å². The second-order valence-corrected chi connectivity index (χ2v) is 6.23. The normalized spacial score (nSPS) is 12.7. The summed E-state index contributed by atoms with van der Waals surface area (Å²) in [6.45, 7) is 1.73. The number of carbonyl (C=O) groups excluding carboxylic acids is 3. The number of primary amides is 1. The Kier molecular flexibility index (Phi) is 6.62. The molecule has 142 valence electrons. The summed E-state index contributed by atoms with van der Waals surface area (Å²) in [5.74, 6) is -1.60. The number of nitrogens with two attached hydrogens (primary N) is 1. The van der Waals surface area contributed by atoms with Crippen molar-refractivity contribution in [3.63, 3.8) is 0 Å². The molecule has 5 N–H and O–H groups in total. The highest BCUT2D eigenvalue weighted by Crippen LogP contribution is 2.10. The zero-order chi connectivity index (χ0) is 20.0. The van der Waals surface area contributed by atoms with Crippen molar-refractivity contribution >= 4 is 29.1 Å². The molecule has 0 radical (unpaired) electrons. The van der Waals surface area contributed by atoms with E-state index in [0.29, 0.717) is 21.8 Å². The molecule has 2 aromatic carbocycles. The van der Waals surface area contributed by atoms with Gasteiger partial charge < -0.3 is 21.3 Å². The first kappa shape index (κ1) is 20.1. The van der Waals surface area contributed by atoms with Crippen molar-refractivity contribution in [2.75, 3.05) is 24.2 Å². The number of anilines is 2. The van der Waals surface area contributed by atoms with Gasteiger partial charge in [0.05, 0.1) is 7.05 Å². The lowest BCUT2D eigenvalue weighted by Crippen LogP contribution is -3.14. The van der Waals surface area contributed by atoms with E-state index in [1.807, 2.05) is 0 Å². The molecule has 7 nitrogen and oxygen atoms in total. The van der Waals surface area contributed by atoms with Gasteiger partial charge in [-0.25, -0.2) is 4.39 Å². The van der Waals surface area contributed by atoms with E-state index in [-0.39, 0.29) is 18.4 Å². The number of amides is 3. The fourth-order valence-corrected chi connectivity index (χ4v) is 2.37. The van der Waals surface area contributed by atoms with Crippen LogP contribution >= 0.6 is 0 Å². The molecule has 2 rings (SSSR count). The van der Waals surface area contributed by atoms with Crippen LogP contribution in [-0.4, -0.2) is 37.4 Å². The maximum Gasteiger partial charge on any atom is 0.282 e. The SMILES string of the molecule is C[C@H](C(=O)Nc1ccc(C(N)=O)cc1)[NH+](C)CC(=O)Nc1cccc(F)c1. The fourth-order valence-electron chi connectivity index (χ4n) is 2.37. The van der Waals surface area contributed by atoms with Crippen LogP contribution in [0.1, 0.15) is 17.3 Å². The largest absolute Gasteiger partial charge is 0.366 e. The second-order valence-electron chi connectivity index (χ2n) is 6.23. The van der Waals surface area contributed by atoms with E-state index >= 15 is 0 Å². The standard InChI is InChI=1S/C19H21FN4O3/c1-12(19(27)23-15-8-6-13(7-9-15)18(21)26)24(2)11-17(25)22-16-5-3-4-14(20)10-16/h3-10,12H,11H2,1-2H3,(H2,21,26)(H,22,25)(H,23,27)/p+1/t12-/m1/s1. The van der Waals surface area contributed by atoms with Crippen LogP contribution in [0.5, 0.6) is 0 Å². The van der Waals surface area contributed by atoms with Gasteiger partial charge in [-0.3, -0.25) is 14.4 Å². The monoisotopic (exact) mass is 373 g/mol. The first-order chi connectivity index (χ1) is 12.8. The maximum atomic E-state index is 13.2. The van der Waals surface area contributed by atoms with Crippen molar-refractivity contribution < 1.29 is 23.7 Å². The average Bonchev–Trinajstić information content (AvgIpc) is 2.61. The minimum Gasteiger partial charge on any atom is -0.366 e. The maximum absolute atomic E-state index is 13.2. The molecule has 0 heterocycles. The molecule has 0 saturated carbocycles. The topological polar surface area (TPSA) is 106 Å². The van der Waals surface area contributed by atoms with Crippen LogP contribution in [0.25, 0.3) is 0 Å². The first-order valence-electron chi connectivity index (χ1n) is 8.34. The van der Waals surface area contributed by atoms with Gasteiger partial charge in [-0.05, 0) is 49.4 Å². The molecule has 8 heteroatoms. The fraction of sp³-hybridized carbons (Fsp3) is 0.211. The number of hydrogen-bond donors (Lipinski definition) is 4. The molecule has 0 spiro atoms. The number of quaternary nitrogens is 1. The lowest BCUT2D eigenvalue weighted by molar-refractivity contribution is -0.885. The van der Waals surface area contributed by atoms with Crippen LogP contribution in [-0.2, 0) is 9.59 Å². The lowest BCUT2D eigenvalue weighted by Gasteiger charge is -2.20. The summed E-state index contributed by atoms with van der Waals surface area (Å²) in [5.41, 5.74) is 6.40. The van der Waals surface area contributed by atoms with E-state index in [9.17, 15) is 18.8 Å². The van der Waals surface area contributed by atoms with E-state index in [4.69, 9.17) is 5.73 Å². The zero-order valence-electron chi connectivity index (χ0n) is 15.1. The highest BCUT2D eigenvalue weighted by molar-refractivity contribution is 5.96. The third kappa shape index (κ3) is 5.89. The molecule has 3 amide bonds. The number of halogens is 1. The Balaban J connectivity index is 1.89. The molecular formula is C19H22FN4O3+. The van der Waals surface area contributed by atoms with Gasteiger partial charge in [0.1, 0.15) is 5.82 Å². The summed E-state index contributed by atoms with van der Waals surface area (Å²) >= 11 is 0. The molecule has 0 aliphatic rings. The van der Waals surface area contributed by atoms with Crippen molar-refractivity contribution in [3.05, 3.63) is 59.9 Å². The number of benzene rings is 2. The molecule has 27 heavy (non-hydrogen) atoms. The summed E-state index contributed by atoms with van der Waals surface area (Å²) in [5, 5.41) is 5.32. The van der Waals surface area contributed by atoms with Crippen molar-refractivity contribution in [2.45, 2.75) is 13.0 Å². The smallest absolute Gasteiger partial charge is 0.282 e. The molecule has 1 unspecified atom stereocenters. The summed E-state index contributed by atoms with van der Waals surface area (Å²) in [6.07, 6.45) is 0. The van der Waals surface area contributed by atoms with Gasteiger partial charge >= 0.3 is 0 Å². The molecule has 0 aliphatic heterocycles. The predicted molar refractivity (Wildman–Crippen MR) is 99.8 cm³/mol. The molecule has 2 aromatic rings. The summed E-state index contributed by atoms with van der Waals surface area (Å²) in [6, 6.07) is 11.3. The summed E-state index contributed by atoms with van der Waals surface area (Å²) in [4.78, 5) is 36.2. The Morgan fingerprint density at radius 1 is 1.07 bits per heavy atom. The minimum atomic E-state index is -0.547. The van der Waals surface area contributed by atoms with Crippen molar-refractivity contribution in [3.8, 4) is 0 Å². The molecule has 2 atom stereocenters. The Morgan fingerprint density at radius 2 is 1.74 bits per heavy atom. The van der Waals surface area contributed by atoms with Crippen LogP contribution in [0.4, 0.5) is 15.8 Å². The molecule has 0 aromatic heterocycles. The van der Waals surface area contributed by atoms with Gasteiger partial charge in [0.25, 0.3) is 11.8 Å². The molecule has 0 bridgehead atoms. The van der Waals surface area contributed by atoms with Crippen LogP contribution < -0.4 is 21.3 Å². The lowest BCUT2D eigenvalue weighted by atomic mass is 10.2. The molecule has 0 saturated heterocycles. The number of nitrogens with one attached hydrogen (secondary N) is 3. The Hall–Kier alpha value is -3.26. The number of rotatable bonds is 7. The van der Waals surface area contributed by atoms with Gasteiger partial charge in [0.15, 0.2) is 12.6 Å². The predicted octanol–water partition coefficient (Wildman–Crippen LogP) is 0.405. The number of likely N-dealkylation sites (N-methyl/N-ethyl adjacent to an activating group) is 1. The molecule has 0 fully saturated rings. The highest BCUT2D eigenvalue weighted by atomic mass is 19.1. The molecular weight excluding hydrogens is 351 g/mol. The highest BCUT2D eigenvalue weighted by Gasteiger charge is 2.24. The van der Waals surface area contributed by atoms with Crippen molar-refractivity contribution in [1.29, 1.82) is 0 Å². The van der Waals surface area contributed by atoms with Crippen LogP contribution in [0, 0.1) is 5.82 Å². The van der Waals surface area contributed by atoms with E-state index < -0.39 is 17.8 Å². The van der Waals surface area contributed by atoms with E-state index in [2.05, 4.69) is 10.6 Å². The van der Waals surface area contributed by atoms with Crippen LogP contribution in [0.2, 0.25) is 0 Å². The van der Waals surface area contributed by atoms with E-state index in [0.717, 1.165) is 0 Å². The van der Waals surface area contributed by atoms with Gasteiger partial charge in [0, 0.05) is 16.9 Å². The van der Waals surface area contributed by atoms with E-state index in [1.165, 1.54) is 30.3 Å². The van der Waals surface area contributed by atoms with Gasteiger partial charge in [-0.1, -0.05) is 6.07 Å². The van der Waals surface area contributed by atoms with Gasteiger partial charge in [-0.15, -0.1) is 0 Å². The van der Waals surface area contributed by atoms with E-state index in [1.54, 1.807) is 32.2 Å². The van der Waals surface area contributed by atoms with Gasteiger partial charge in [-0.2, -0.15) is 0 Å². The Morgan fingerprint density at radius 3 is 2.33 bits per heavy atom. The Labute approximate surface area is 156 Å². The molecule has 0 aliphatic carbocycles. The zero-order valence-corrected chi connectivity index (χ0v) is 15.1. The Bertz CT molecular complexity index is 839. The second kappa shape index (κ2) is 8.91. The third-order valence-corrected chi connectivity index (χ3v) is 4.12. The third-order valence-electron chi connectivity index (χ3n) is 4.12. The minimum absolute atomic E-state index is 0.0334. The van der Waals surface area contributed by atoms with Crippen LogP contribution in [0.15, 0.2) is 48.5 Å². The van der Waals surface area contributed by atoms with Gasteiger partial charge in [0.2, 0.25) is 5.91 Å². The summed E-state index contributed by atoms with van der Waals surface area (Å²) < 4.78 is 13.2. The average molecular weight is 373 g/mol. The van der Waals surface area contributed by atoms with Crippen molar-refractivity contribution in [2.24, 2.45) is 5.73 Å².